The summed E-state index contributed by atoms with van der Waals surface area (Å²) in [6.45, 7) is 2.86. The van der Waals surface area contributed by atoms with Crippen molar-refractivity contribution < 1.29 is 29.7 Å². The number of hydrogen-bond donors (Lipinski definition) is 9. The van der Waals surface area contributed by atoms with Crippen LogP contribution in [0.3, 0.4) is 0 Å². The van der Waals surface area contributed by atoms with Crippen LogP contribution in [-0.2, 0) is 14.4 Å². The van der Waals surface area contributed by atoms with Gasteiger partial charge in [-0.3, -0.25) is 24.7 Å². The Bertz CT molecular complexity index is 645. The number of aliphatic hydroxyl groups excluding tert-OH is 3. The van der Waals surface area contributed by atoms with Gasteiger partial charge >= 0.3 is 0 Å². The number of carbonyl (C=O) groups is 3. The predicted octanol–water partition coefficient (Wildman–Crippen LogP) is -2.77. The van der Waals surface area contributed by atoms with Gasteiger partial charge in [0.15, 0.2) is 5.96 Å². The van der Waals surface area contributed by atoms with E-state index in [4.69, 9.17) is 11.5 Å². The molecule has 0 aromatic heterocycles. The molecule has 0 saturated carbocycles. The Balaban J connectivity index is 5.23. The average Bonchev–Trinajstić information content (AvgIpc) is 2.82. The lowest BCUT2D eigenvalue weighted by Gasteiger charge is -2.29. The average molecular weight is 490 g/mol. The second kappa shape index (κ2) is 17.9. The molecule has 0 bridgehead atoms. The SMILES string of the molecule is CCCC[C@H](N[C@@H](O)[C@H](CO)NC(=O)[C@H](CCCCN=C(N)N)NC(=O)[C@@H](C)CO)C(=O)NC. The van der Waals surface area contributed by atoms with Gasteiger partial charge in [0, 0.05) is 13.6 Å². The molecule has 198 valence electrons. The smallest absolute Gasteiger partial charge is 0.243 e. The number of hydrogen-bond acceptors (Lipinski definition) is 8. The molecule has 0 rings (SSSR count). The van der Waals surface area contributed by atoms with Crippen molar-refractivity contribution in [2.45, 2.75) is 76.7 Å². The molecule has 3 amide bonds. The molecule has 11 N–H and O–H groups in total. The largest absolute Gasteiger partial charge is 0.396 e. The minimum absolute atomic E-state index is 0.0411. The summed E-state index contributed by atoms with van der Waals surface area (Å²) in [6, 6.07) is -2.81. The number of unbranched alkanes of at least 4 members (excludes halogenated alkanes) is 2. The zero-order valence-electron chi connectivity index (χ0n) is 20.4. The van der Waals surface area contributed by atoms with E-state index in [0.29, 0.717) is 25.8 Å². The van der Waals surface area contributed by atoms with Crippen LogP contribution in [-0.4, -0.2) is 90.2 Å². The summed E-state index contributed by atoms with van der Waals surface area (Å²) in [5.41, 5.74) is 10.6. The van der Waals surface area contributed by atoms with Gasteiger partial charge in [-0.1, -0.05) is 26.7 Å². The standard InChI is InChI=1S/C21H43N7O6/c1-4-5-8-14(18(32)24-3)27-20(34)16(12-30)28-19(33)15(26-17(31)13(2)11-29)9-6-7-10-25-21(22)23/h13-16,20,27,29-30,34H,4-12H2,1-3H3,(H,24,32)(H,26,31)(H,28,33)(H4,22,23,25)/t13-,14-,15-,16-,20-/m0/s1. The molecule has 0 heterocycles. The van der Waals surface area contributed by atoms with Gasteiger partial charge in [-0.2, -0.15) is 0 Å². The third kappa shape index (κ3) is 12.7. The molecule has 5 atom stereocenters. The van der Waals surface area contributed by atoms with Crippen molar-refractivity contribution in [3.63, 3.8) is 0 Å². The number of carbonyl (C=O) groups excluding carboxylic acids is 3. The Morgan fingerprint density at radius 2 is 1.56 bits per heavy atom. The number of guanidine groups is 1. The summed E-state index contributed by atoms with van der Waals surface area (Å²) >= 11 is 0. The van der Waals surface area contributed by atoms with Crippen LogP contribution >= 0.6 is 0 Å². The summed E-state index contributed by atoms with van der Waals surface area (Å²) < 4.78 is 0. The van der Waals surface area contributed by atoms with Gasteiger partial charge in [0.2, 0.25) is 17.7 Å². The number of nitrogens with two attached hydrogens (primary N) is 2. The Labute approximate surface area is 201 Å². The molecular formula is C21H43N7O6. The molecule has 0 aromatic rings. The van der Waals surface area contributed by atoms with E-state index in [1.165, 1.54) is 14.0 Å². The fourth-order valence-electron chi connectivity index (χ4n) is 3.04. The van der Waals surface area contributed by atoms with Crippen molar-refractivity contribution in [1.82, 2.24) is 21.3 Å². The quantitative estimate of drug-likeness (QED) is 0.0420. The van der Waals surface area contributed by atoms with Crippen LogP contribution in [0.25, 0.3) is 0 Å². The summed E-state index contributed by atoms with van der Waals surface area (Å²) in [6.07, 6.45) is 1.95. The molecule has 0 radical (unpaired) electrons. The van der Waals surface area contributed by atoms with Crippen LogP contribution in [0, 0.1) is 5.92 Å². The number of likely N-dealkylation sites (N-methyl/N-ethyl adjacent to an activating group) is 1. The normalized spacial score (nSPS) is 15.4. The molecular weight excluding hydrogens is 446 g/mol. The van der Waals surface area contributed by atoms with Gasteiger partial charge in [-0.05, 0) is 25.7 Å². The molecule has 0 aromatic carbocycles. The van der Waals surface area contributed by atoms with E-state index in [-0.39, 0.29) is 24.9 Å². The highest BCUT2D eigenvalue weighted by Crippen LogP contribution is 2.07. The van der Waals surface area contributed by atoms with Gasteiger partial charge in [0.05, 0.1) is 31.2 Å². The monoisotopic (exact) mass is 489 g/mol. The number of aliphatic hydroxyl groups is 3. The molecule has 13 heteroatoms. The Morgan fingerprint density at radius 3 is 2.09 bits per heavy atom. The lowest BCUT2D eigenvalue weighted by Crippen LogP contribution is -2.60. The van der Waals surface area contributed by atoms with Crippen LogP contribution in [0.15, 0.2) is 4.99 Å². The first-order valence-corrected chi connectivity index (χ1v) is 11.6. The van der Waals surface area contributed by atoms with Crippen LogP contribution in [0.2, 0.25) is 0 Å². The molecule has 0 aliphatic carbocycles. The van der Waals surface area contributed by atoms with Crippen molar-refractivity contribution >= 4 is 23.7 Å². The highest BCUT2D eigenvalue weighted by molar-refractivity contribution is 5.88. The van der Waals surface area contributed by atoms with Crippen molar-refractivity contribution in [3.05, 3.63) is 0 Å². The number of amides is 3. The first kappa shape index (κ1) is 31.5. The van der Waals surface area contributed by atoms with Crippen molar-refractivity contribution in [2.24, 2.45) is 22.4 Å². The minimum atomic E-state index is -1.41. The number of rotatable bonds is 18. The van der Waals surface area contributed by atoms with Gasteiger partial charge in [-0.15, -0.1) is 0 Å². The molecule has 0 fully saturated rings. The van der Waals surface area contributed by atoms with Crippen LogP contribution in [0.4, 0.5) is 0 Å². The Kier molecular flexibility index (Phi) is 16.6. The maximum Gasteiger partial charge on any atom is 0.243 e. The molecule has 0 saturated heterocycles. The number of nitrogens with zero attached hydrogens (tertiary/aromatic N) is 1. The van der Waals surface area contributed by atoms with Gasteiger partial charge < -0.3 is 42.7 Å². The van der Waals surface area contributed by atoms with Crippen molar-refractivity contribution in [2.75, 3.05) is 26.8 Å². The highest BCUT2D eigenvalue weighted by Gasteiger charge is 2.29. The zero-order chi connectivity index (χ0) is 26.1. The first-order chi connectivity index (χ1) is 16.1. The summed E-state index contributed by atoms with van der Waals surface area (Å²) in [5.74, 6) is -2.21. The zero-order valence-corrected chi connectivity index (χ0v) is 20.4. The fraction of sp³-hybridized carbons (Fsp3) is 0.810. The third-order valence-corrected chi connectivity index (χ3v) is 5.24. The summed E-state index contributed by atoms with van der Waals surface area (Å²) in [7, 11) is 1.48. The molecule has 0 unspecified atom stereocenters. The van der Waals surface area contributed by atoms with E-state index in [1.807, 2.05) is 6.92 Å². The van der Waals surface area contributed by atoms with Crippen LogP contribution in [0.1, 0.15) is 52.4 Å². The lowest BCUT2D eigenvalue weighted by atomic mass is 10.1. The summed E-state index contributed by atoms with van der Waals surface area (Å²) in [5, 5.41) is 39.9. The highest BCUT2D eigenvalue weighted by atomic mass is 16.3. The van der Waals surface area contributed by atoms with Gasteiger partial charge in [0.25, 0.3) is 0 Å². The second-order valence-electron chi connectivity index (χ2n) is 8.17. The van der Waals surface area contributed by atoms with E-state index in [0.717, 1.165) is 12.8 Å². The molecule has 0 spiro atoms. The molecule has 13 nitrogen and oxygen atoms in total. The predicted molar refractivity (Wildman–Crippen MR) is 128 cm³/mol. The first-order valence-electron chi connectivity index (χ1n) is 11.6. The topological polar surface area (TPSA) is 224 Å². The Morgan fingerprint density at radius 1 is 0.912 bits per heavy atom. The molecule has 34 heavy (non-hydrogen) atoms. The van der Waals surface area contributed by atoms with Crippen LogP contribution in [0.5, 0.6) is 0 Å². The van der Waals surface area contributed by atoms with E-state index in [2.05, 4.69) is 26.3 Å². The second-order valence-corrected chi connectivity index (χ2v) is 8.17. The van der Waals surface area contributed by atoms with Crippen molar-refractivity contribution in [1.29, 1.82) is 0 Å². The van der Waals surface area contributed by atoms with Gasteiger partial charge in [-0.25, -0.2) is 0 Å². The minimum Gasteiger partial charge on any atom is -0.396 e. The summed E-state index contributed by atoms with van der Waals surface area (Å²) in [4.78, 5) is 41.1. The van der Waals surface area contributed by atoms with Gasteiger partial charge in [0.1, 0.15) is 12.3 Å². The van der Waals surface area contributed by atoms with E-state index in [1.54, 1.807) is 0 Å². The fourth-order valence-corrected chi connectivity index (χ4v) is 3.04. The van der Waals surface area contributed by atoms with Crippen molar-refractivity contribution in [3.8, 4) is 0 Å². The molecule has 0 aliphatic heterocycles. The molecule has 0 aliphatic rings. The third-order valence-electron chi connectivity index (χ3n) is 5.24. The number of aliphatic imine (C=N–C) groups is 1. The maximum atomic E-state index is 12.9. The van der Waals surface area contributed by atoms with E-state index in [9.17, 15) is 29.7 Å². The van der Waals surface area contributed by atoms with E-state index >= 15 is 0 Å². The number of nitrogens with one attached hydrogen (secondary N) is 4. The Hall–Kier alpha value is -2.48. The maximum absolute atomic E-state index is 12.9. The van der Waals surface area contributed by atoms with E-state index < -0.39 is 48.7 Å². The lowest BCUT2D eigenvalue weighted by molar-refractivity contribution is -0.133. The van der Waals surface area contributed by atoms with Crippen LogP contribution < -0.4 is 32.7 Å².